The van der Waals surface area contributed by atoms with Gasteiger partial charge in [0.2, 0.25) is 0 Å². The number of aliphatic hydroxyl groups is 1. The maximum Gasteiger partial charge on any atom is 0.369 e. The first-order chi connectivity index (χ1) is 7.99. The smallest absolute Gasteiger partial charge is 0.369 e. The van der Waals surface area contributed by atoms with E-state index in [9.17, 15) is 14.2 Å². The van der Waals surface area contributed by atoms with Gasteiger partial charge in [-0.05, 0) is 11.6 Å². The van der Waals surface area contributed by atoms with Crippen molar-refractivity contribution in [3.8, 4) is 0 Å². The summed E-state index contributed by atoms with van der Waals surface area (Å²) in [5, 5.41) is 6.20. The zero-order valence-electron chi connectivity index (χ0n) is 9.04. The zero-order valence-corrected chi connectivity index (χ0v) is 10.8. The van der Waals surface area contributed by atoms with E-state index in [-0.39, 0.29) is 11.3 Å². The molecule has 0 aromatic heterocycles. The summed E-state index contributed by atoms with van der Waals surface area (Å²) >= 11 is 0. The Morgan fingerprint density at radius 1 is 1.06 bits per heavy atom. The fourth-order valence-corrected chi connectivity index (χ4v) is 3.44. The molecule has 0 saturated carbocycles. The molecule has 1 aromatic rings. The quantitative estimate of drug-likeness (QED) is 0.329. The van der Waals surface area contributed by atoms with Crippen LogP contribution in [-0.2, 0) is 15.6 Å². The van der Waals surface area contributed by atoms with Crippen LogP contribution in [0.5, 0.6) is 0 Å². The van der Waals surface area contributed by atoms with Crippen LogP contribution in [0, 0.1) is 0 Å². The highest BCUT2D eigenvalue weighted by Gasteiger charge is 2.59. The molecule has 0 atom stereocenters. The van der Waals surface area contributed by atoms with Gasteiger partial charge in [0.1, 0.15) is 0 Å². The van der Waals surface area contributed by atoms with E-state index >= 15 is 0 Å². The number of nitrogen functional groups attached to an aromatic ring is 1. The second kappa shape index (κ2) is 4.75. The van der Waals surface area contributed by atoms with Gasteiger partial charge < -0.3 is 30.4 Å². The standard InChI is InChI=1S/C8H13NO7P2/c9-7-4-2-1-3-6(7)5-8(10,17(11,12)13)18(14,15)16/h1-4,10H,5,9H2,(H2,11,12,13)(H2,14,15,16). The van der Waals surface area contributed by atoms with Crippen LogP contribution in [0.2, 0.25) is 0 Å². The molecule has 8 nitrogen and oxygen atoms in total. The number of rotatable bonds is 4. The lowest BCUT2D eigenvalue weighted by Gasteiger charge is -2.29. The minimum atomic E-state index is -5.46. The van der Waals surface area contributed by atoms with E-state index in [0.29, 0.717) is 0 Å². The summed E-state index contributed by atoms with van der Waals surface area (Å²) in [5.74, 6) is 0. The van der Waals surface area contributed by atoms with Crippen molar-refractivity contribution in [3.63, 3.8) is 0 Å². The minimum absolute atomic E-state index is 0.0339. The van der Waals surface area contributed by atoms with Crippen molar-refractivity contribution in [2.24, 2.45) is 0 Å². The summed E-state index contributed by atoms with van der Waals surface area (Å²) < 4.78 is 22.3. The Labute approximate surface area is 102 Å². The van der Waals surface area contributed by atoms with E-state index in [1.165, 1.54) is 24.3 Å². The summed E-state index contributed by atoms with van der Waals surface area (Å²) in [6.45, 7) is 0. The molecule has 0 aliphatic rings. The Hall–Kier alpha value is -0.720. The van der Waals surface area contributed by atoms with Gasteiger partial charge in [0.05, 0.1) is 0 Å². The molecule has 0 radical (unpaired) electrons. The normalized spacial score (nSPS) is 13.6. The zero-order chi connectivity index (χ0) is 14.2. The Kier molecular flexibility index (Phi) is 4.05. The van der Waals surface area contributed by atoms with Crippen LogP contribution in [0.3, 0.4) is 0 Å². The van der Waals surface area contributed by atoms with Gasteiger partial charge >= 0.3 is 15.2 Å². The number of para-hydroxylation sites is 1. The molecule has 7 N–H and O–H groups in total. The minimum Gasteiger partial charge on any atom is -0.399 e. The fraction of sp³-hybridized carbons (Fsp3) is 0.250. The number of hydrogen-bond donors (Lipinski definition) is 6. The average Bonchev–Trinajstić information content (AvgIpc) is 2.18. The van der Waals surface area contributed by atoms with E-state index < -0.39 is 26.7 Å². The van der Waals surface area contributed by atoms with Crippen molar-refractivity contribution < 1.29 is 33.8 Å². The van der Waals surface area contributed by atoms with E-state index in [0.717, 1.165) is 0 Å². The summed E-state index contributed by atoms with van der Waals surface area (Å²) in [6, 6.07) is 5.69. The third-order valence-corrected chi connectivity index (χ3v) is 6.16. The largest absolute Gasteiger partial charge is 0.399 e. The van der Waals surface area contributed by atoms with Crippen molar-refractivity contribution in [2.75, 3.05) is 5.73 Å². The molecule has 0 unspecified atom stereocenters. The molecule has 0 fully saturated rings. The SMILES string of the molecule is Nc1ccccc1CC(O)(P(=O)(O)O)P(=O)(O)O. The number of nitrogens with two attached hydrogens (primary N) is 1. The molecule has 0 bridgehead atoms. The van der Waals surface area contributed by atoms with E-state index in [1.54, 1.807) is 0 Å². The highest BCUT2D eigenvalue weighted by atomic mass is 31.2. The van der Waals surface area contributed by atoms with Crippen molar-refractivity contribution in [1.82, 2.24) is 0 Å². The molecule has 0 aliphatic heterocycles. The first-order valence-corrected chi connectivity index (χ1v) is 7.88. The van der Waals surface area contributed by atoms with Gasteiger partial charge in [-0.25, -0.2) is 0 Å². The predicted octanol–water partition coefficient (Wildman–Crippen LogP) is -0.187. The fourth-order valence-electron chi connectivity index (χ4n) is 1.33. The summed E-state index contributed by atoms with van der Waals surface area (Å²) in [4.78, 5) is 35.8. The first-order valence-electron chi connectivity index (χ1n) is 4.66. The molecular formula is C8H13NO7P2. The Balaban J connectivity index is 3.30. The number of benzene rings is 1. The van der Waals surface area contributed by atoms with Crippen LogP contribution in [-0.4, -0.2) is 29.8 Å². The van der Waals surface area contributed by atoms with Gasteiger partial charge in [0.25, 0.3) is 5.08 Å². The van der Waals surface area contributed by atoms with Crippen LogP contribution < -0.4 is 5.73 Å². The summed E-state index contributed by atoms with van der Waals surface area (Å²) in [6.07, 6.45) is -0.950. The Morgan fingerprint density at radius 3 is 1.89 bits per heavy atom. The van der Waals surface area contributed by atoms with Crippen LogP contribution in [0.25, 0.3) is 0 Å². The Morgan fingerprint density at radius 2 is 1.50 bits per heavy atom. The number of anilines is 1. The summed E-state index contributed by atoms with van der Waals surface area (Å²) in [5.41, 5.74) is 5.60. The van der Waals surface area contributed by atoms with Gasteiger partial charge in [-0.2, -0.15) is 0 Å². The molecule has 0 aliphatic carbocycles. The van der Waals surface area contributed by atoms with Crippen LogP contribution in [0.4, 0.5) is 5.69 Å². The highest BCUT2D eigenvalue weighted by molar-refractivity contribution is 7.72. The van der Waals surface area contributed by atoms with Crippen molar-refractivity contribution in [2.45, 2.75) is 11.5 Å². The lowest BCUT2D eigenvalue weighted by atomic mass is 10.1. The first kappa shape index (κ1) is 15.3. The molecule has 0 heterocycles. The predicted molar refractivity (Wildman–Crippen MR) is 63.6 cm³/mol. The van der Waals surface area contributed by atoms with Gasteiger partial charge in [-0.15, -0.1) is 0 Å². The van der Waals surface area contributed by atoms with Crippen LogP contribution >= 0.6 is 15.2 Å². The van der Waals surface area contributed by atoms with E-state index in [4.69, 9.17) is 25.3 Å². The lowest BCUT2D eigenvalue weighted by Crippen LogP contribution is -2.31. The third-order valence-electron chi connectivity index (χ3n) is 2.42. The maximum atomic E-state index is 11.1. The molecule has 18 heavy (non-hydrogen) atoms. The monoisotopic (exact) mass is 297 g/mol. The van der Waals surface area contributed by atoms with Crippen LogP contribution in [0.15, 0.2) is 24.3 Å². The van der Waals surface area contributed by atoms with Crippen molar-refractivity contribution >= 4 is 20.9 Å². The second-order valence-corrected chi connectivity index (χ2v) is 7.75. The van der Waals surface area contributed by atoms with Crippen molar-refractivity contribution in [3.05, 3.63) is 29.8 Å². The topological polar surface area (TPSA) is 161 Å². The number of hydrogen-bond acceptors (Lipinski definition) is 4. The average molecular weight is 297 g/mol. The highest BCUT2D eigenvalue weighted by Crippen LogP contribution is 2.68. The third kappa shape index (κ3) is 2.81. The van der Waals surface area contributed by atoms with Gasteiger partial charge in [0, 0.05) is 12.1 Å². The second-order valence-electron chi connectivity index (χ2n) is 3.74. The van der Waals surface area contributed by atoms with Gasteiger partial charge in [-0.3, -0.25) is 9.13 Å². The van der Waals surface area contributed by atoms with Crippen LogP contribution in [0.1, 0.15) is 5.56 Å². The lowest BCUT2D eigenvalue weighted by molar-refractivity contribution is 0.131. The van der Waals surface area contributed by atoms with Crippen molar-refractivity contribution in [1.29, 1.82) is 0 Å². The molecule has 0 saturated heterocycles. The molecule has 102 valence electrons. The molecule has 0 spiro atoms. The molecule has 1 aromatic carbocycles. The molecule has 1 rings (SSSR count). The molecular weight excluding hydrogens is 284 g/mol. The Bertz CT molecular complexity index is 512. The van der Waals surface area contributed by atoms with Gasteiger partial charge in [-0.1, -0.05) is 18.2 Å². The molecule has 10 heteroatoms. The van der Waals surface area contributed by atoms with E-state index in [1.807, 2.05) is 0 Å². The van der Waals surface area contributed by atoms with E-state index in [2.05, 4.69) is 0 Å². The summed E-state index contributed by atoms with van der Waals surface area (Å²) in [7, 11) is -10.9. The molecule has 0 amide bonds. The maximum absolute atomic E-state index is 11.1. The van der Waals surface area contributed by atoms with Gasteiger partial charge in [0.15, 0.2) is 0 Å².